The second-order valence-corrected chi connectivity index (χ2v) is 7.88. The minimum absolute atomic E-state index is 0.121. The summed E-state index contributed by atoms with van der Waals surface area (Å²) in [5.41, 5.74) is 2.19. The number of nitrogens with one attached hydrogen (secondary N) is 1. The summed E-state index contributed by atoms with van der Waals surface area (Å²) in [4.78, 5) is 37.2. The molecule has 0 radical (unpaired) electrons. The van der Waals surface area contributed by atoms with Crippen LogP contribution in [0.5, 0.6) is 0 Å². The quantitative estimate of drug-likeness (QED) is 0.669. The molecule has 1 fully saturated rings. The number of anilines is 1. The van der Waals surface area contributed by atoms with Gasteiger partial charge in [-0.25, -0.2) is 24.9 Å². The Morgan fingerprint density at radius 3 is 2.63 bits per heavy atom. The largest absolute Gasteiger partial charge is 0.356 e. The van der Waals surface area contributed by atoms with Gasteiger partial charge in [-0.05, 0) is 32.6 Å². The maximum Gasteiger partial charge on any atom is 0.245 e. The fourth-order valence-corrected chi connectivity index (χ4v) is 3.93. The lowest BCUT2D eigenvalue weighted by molar-refractivity contribution is -0.131. The molecule has 2 atom stereocenters. The van der Waals surface area contributed by atoms with E-state index in [0.29, 0.717) is 36.0 Å². The number of carbonyl (C=O) groups is 1. The Hall–Kier alpha value is -3.10. The summed E-state index contributed by atoms with van der Waals surface area (Å²) in [6, 6.07) is -0.341. The van der Waals surface area contributed by atoms with Gasteiger partial charge in [-0.2, -0.15) is 0 Å². The molecule has 0 bridgehead atoms. The summed E-state index contributed by atoms with van der Waals surface area (Å²) in [6.45, 7) is 10.4. The van der Waals surface area contributed by atoms with Gasteiger partial charge in [0.05, 0.1) is 5.56 Å². The van der Waals surface area contributed by atoms with Crippen LogP contribution >= 0.6 is 0 Å². The minimum Gasteiger partial charge on any atom is -0.356 e. The van der Waals surface area contributed by atoms with E-state index in [0.717, 1.165) is 36.5 Å². The summed E-state index contributed by atoms with van der Waals surface area (Å²) in [5.74, 6) is 2.70. The molecule has 158 valence electrons. The van der Waals surface area contributed by atoms with Crippen LogP contribution < -0.4 is 5.32 Å². The van der Waals surface area contributed by atoms with Crippen molar-refractivity contribution in [3.8, 4) is 11.4 Å². The Bertz CT molecular complexity index is 1050. The van der Waals surface area contributed by atoms with Crippen LogP contribution in [0.15, 0.2) is 18.7 Å². The zero-order chi connectivity index (χ0) is 21.3. The van der Waals surface area contributed by atoms with Crippen molar-refractivity contribution in [2.75, 3.05) is 18.4 Å². The first-order valence-electron chi connectivity index (χ1n) is 10.6. The number of amides is 1. The molecule has 9 heteroatoms. The van der Waals surface area contributed by atoms with Gasteiger partial charge in [0.2, 0.25) is 5.91 Å². The predicted molar refractivity (Wildman–Crippen MR) is 115 cm³/mol. The number of nitrogens with zero attached hydrogens (tertiary/aromatic N) is 7. The molecule has 30 heavy (non-hydrogen) atoms. The molecular weight excluding hydrogens is 380 g/mol. The summed E-state index contributed by atoms with van der Waals surface area (Å²) < 4.78 is 2.02. The molecule has 9 nitrogen and oxygen atoms in total. The summed E-state index contributed by atoms with van der Waals surface area (Å²) in [6.07, 6.45) is 6.78. The fraction of sp³-hybridized carbons (Fsp3) is 0.524. The molecule has 3 aromatic rings. The lowest BCUT2D eigenvalue weighted by Gasteiger charge is -2.23. The van der Waals surface area contributed by atoms with Crippen LogP contribution in [-0.2, 0) is 11.3 Å². The maximum atomic E-state index is 13.0. The van der Waals surface area contributed by atoms with E-state index >= 15 is 0 Å². The van der Waals surface area contributed by atoms with Crippen molar-refractivity contribution < 1.29 is 4.79 Å². The summed E-state index contributed by atoms with van der Waals surface area (Å²) in [5, 5.41) is 3.34. The number of hydrogen-bond donors (Lipinski definition) is 1. The molecular formula is C21H28N8O. The summed E-state index contributed by atoms with van der Waals surface area (Å²) in [7, 11) is 0. The SMILES string of the molecule is CC[C@@H](Nc1ncnc2c1nc(-c1cnc(C)nc1)n2CC)C(=O)N1CCC(C)C1. The van der Waals surface area contributed by atoms with E-state index in [2.05, 4.69) is 32.2 Å². The van der Waals surface area contributed by atoms with E-state index in [4.69, 9.17) is 4.98 Å². The second kappa shape index (κ2) is 8.33. The Labute approximate surface area is 176 Å². The first-order chi connectivity index (χ1) is 14.5. The van der Waals surface area contributed by atoms with E-state index in [1.165, 1.54) is 6.33 Å². The zero-order valence-electron chi connectivity index (χ0n) is 18.0. The predicted octanol–water partition coefficient (Wildman–Crippen LogP) is 2.67. The average Bonchev–Trinajstić information content (AvgIpc) is 3.35. The highest BCUT2D eigenvalue weighted by atomic mass is 16.2. The Morgan fingerprint density at radius 2 is 2.00 bits per heavy atom. The number of likely N-dealkylation sites (tertiary alicyclic amines) is 1. The molecule has 3 aromatic heterocycles. The van der Waals surface area contributed by atoms with Crippen LogP contribution in [0.4, 0.5) is 5.82 Å². The van der Waals surface area contributed by atoms with Crippen molar-refractivity contribution in [1.82, 2.24) is 34.4 Å². The molecule has 0 aliphatic carbocycles. The molecule has 0 saturated carbocycles. The van der Waals surface area contributed by atoms with Gasteiger partial charge in [0.1, 0.15) is 24.0 Å². The smallest absolute Gasteiger partial charge is 0.245 e. The molecule has 1 saturated heterocycles. The maximum absolute atomic E-state index is 13.0. The minimum atomic E-state index is -0.341. The molecule has 1 aliphatic heterocycles. The Morgan fingerprint density at radius 1 is 1.23 bits per heavy atom. The van der Waals surface area contributed by atoms with Gasteiger partial charge in [-0.15, -0.1) is 0 Å². The highest BCUT2D eigenvalue weighted by Gasteiger charge is 2.29. The van der Waals surface area contributed by atoms with Crippen molar-refractivity contribution in [3.05, 3.63) is 24.5 Å². The highest BCUT2D eigenvalue weighted by molar-refractivity contribution is 5.90. The number of imidazole rings is 1. The molecule has 4 heterocycles. The molecule has 1 N–H and O–H groups in total. The number of fused-ring (bicyclic) bond motifs is 1. The van der Waals surface area contributed by atoms with Crippen LogP contribution in [-0.4, -0.2) is 59.4 Å². The highest BCUT2D eigenvalue weighted by Crippen LogP contribution is 2.27. The Balaban J connectivity index is 1.69. The monoisotopic (exact) mass is 408 g/mol. The van der Waals surface area contributed by atoms with Gasteiger partial charge in [-0.3, -0.25) is 4.79 Å². The van der Waals surface area contributed by atoms with E-state index in [1.807, 2.05) is 30.2 Å². The third-order valence-corrected chi connectivity index (χ3v) is 5.64. The van der Waals surface area contributed by atoms with E-state index < -0.39 is 0 Å². The van der Waals surface area contributed by atoms with Crippen molar-refractivity contribution in [1.29, 1.82) is 0 Å². The first-order valence-corrected chi connectivity index (χ1v) is 10.6. The lowest BCUT2D eigenvalue weighted by atomic mass is 10.1. The van der Waals surface area contributed by atoms with Gasteiger partial charge in [-0.1, -0.05) is 13.8 Å². The topological polar surface area (TPSA) is 102 Å². The number of aryl methyl sites for hydroxylation is 2. The van der Waals surface area contributed by atoms with Crippen molar-refractivity contribution >= 4 is 22.9 Å². The van der Waals surface area contributed by atoms with Crippen molar-refractivity contribution in [2.45, 2.75) is 53.1 Å². The third kappa shape index (κ3) is 3.71. The molecule has 0 spiro atoms. The standard InChI is InChI=1S/C21H28N8O/c1-5-16(21(30)28-8-7-13(3)11-28)26-18-17-20(25-12-24-18)29(6-2)19(27-17)15-9-22-14(4)23-10-15/h9-10,12-13,16H,5-8,11H2,1-4H3,(H,24,25,26)/t13?,16-/m1/s1. The number of hydrogen-bond acceptors (Lipinski definition) is 7. The van der Waals surface area contributed by atoms with E-state index in [1.54, 1.807) is 12.4 Å². The van der Waals surface area contributed by atoms with E-state index in [9.17, 15) is 4.79 Å². The normalized spacial score (nSPS) is 17.5. The molecule has 4 rings (SSSR count). The summed E-state index contributed by atoms with van der Waals surface area (Å²) >= 11 is 0. The number of rotatable bonds is 6. The van der Waals surface area contributed by atoms with Gasteiger partial charge in [0.25, 0.3) is 0 Å². The third-order valence-electron chi connectivity index (χ3n) is 5.64. The average molecular weight is 409 g/mol. The molecule has 1 unspecified atom stereocenters. The number of carbonyl (C=O) groups excluding carboxylic acids is 1. The number of aromatic nitrogens is 6. The van der Waals surface area contributed by atoms with Crippen molar-refractivity contribution in [2.24, 2.45) is 5.92 Å². The van der Waals surface area contributed by atoms with Crippen molar-refractivity contribution in [3.63, 3.8) is 0 Å². The van der Waals surface area contributed by atoms with Gasteiger partial charge in [0, 0.05) is 32.0 Å². The van der Waals surface area contributed by atoms with Crippen LogP contribution in [0.25, 0.3) is 22.6 Å². The van der Waals surface area contributed by atoms with E-state index in [-0.39, 0.29) is 11.9 Å². The van der Waals surface area contributed by atoms with Crippen LogP contribution in [0.1, 0.15) is 39.4 Å². The zero-order valence-corrected chi connectivity index (χ0v) is 18.0. The van der Waals surface area contributed by atoms with Crippen LogP contribution in [0.2, 0.25) is 0 Å². The molecule has 1 aliphatic rings. The van der Waals surface area contributed by atoms with Gasteiger partial charge in [0.15, 0.2) is 17.0 Å². The molecule has 1 amide bonds. The Kier molecular flexibility index (Phi) is 5.61. The first kappa shape index (κ1) is 20.2. The lowest BCUT2D eigenvalue weighted by Crippen LogP contribution is -2.41. The fourth-order valence-electron chi connectivity index (χ4n) is 3.93. The van der Waals surface area contributed by atoms with Crippen LogP contribution in [0, 0.1) is 12.8 Å². The molecule has 0 aromatic carbocycles. The van der Waals surface area contributed by atoms with Crippen LogP contribution in [0.3, 0.4) is 0 Å². The van der Waals surface area contributed by atoms with Gasteiger partial charge >= 0.3 is 0 Å². The van der Waals surface area contributed by atoms with Gasteiger partial charge < -0.3 is 14.8 Å². The second-order valence-electron chi connectivity index (χ2n) is 7.88.